The first kappa shape index (κ1) is 22.2. The van der Waals surface area contributed by atoms with Crippen LogP contribution >= 0.6 is 35.0 Å². The molecule has 0 radical (unpaired) electrons. The van der Waals surface area contributed by atoms with Gasteiger partial charge in [0.05, 0.1) is 10.8 Å². The minimum absolute atomic E-state index is 0.0166. The Morgan fingerprint density at radius 3 is 2.00 bits per heavy atom. The monoisotopic (exact) mass is 491 g/mol. The highest BCUT2D eigenvalue weighted by Crippen LogP contribution is 2.55. The third-order valence-electron chi connectivity index (χ3n) is 5.13. The maximum atomic E-state index is 13.6. The lowest BCUT2D eigenvalue weighted by molar-refractivity contribution is -0.124. The number of alkyl halides is 2. The fourth-order valence-electron chi connectivity index (χ4n) is 3.57. The number of hydrogen-bond donors (Lipinski definition) is 0. The van der Waals surface area contributed by atoms with E-state index in [4.69, 9.17) is 23.2 Å². The highest BCUT2D eigenvalue weighted by Gasteiger charge is 2.62. The number of carbonyl (C=O) groups is 1. The van der Waals surface area contributed by atoms with Gasteiger partial charge in [-0.2, -0.15) is 0 Å². The zero-order valence-electron chi connectivity index (χ0n) is 16.5. The summed E-state index contributed by atoms with van der Waals surface area (Å²) in [6.07, 6.45) is 0. The Bertz CT molecular complexity index is 1180. The topological polar surface area (TPSA) is 54.5 Å². The quantitative estimate of drug-likeness (QED) is 0.435. The van der Waals surface area contributed by atoms with Crippen LogP contribution in [0, 0.1) is 6.92 Å². The molecular weight excluding hydrogens is 473 g/mol. The molecule has 0 spiro atoms. The molecule has 2 atom stereocenters. The lowest BCUT2D eigenvalue weighted by Gasteiger charge is -2.27. The van der Waals surface area contributed by atoms with Crippen molar-refractivity contribution in [2.75, 3.05) is 0 Å². The van der Waals surface area contributed by atoms with Gasteiger partial charge in [-0.1, -0.05) is 101 Å². The summed E-state index contributed by atoms with van der Waals surface area (Å²) in [5.41, 5.74) is 1.60. The Labute approximate surface area is 196 Å². The maximum absolute atomic E-state index is 13.6. The van der Waals surface area contributed by atoms with Crippen molar-refractivity contribution in [1.29, 1.82) is 0 Å². The number of rotatable bonds is 5. The Hall–Kier alpha value is -1.99. The van der Waals surface area contributed by atoms with Crippen LogP contribution in [-0.2, 0) is 14.8 Å². The van der Waals surface area contributed by atoms with Gasteiger partial charge in [0.15, 0.2) is 0 Å². The number of amides is 1. The molecule has 0 aliphatic carbocycles. The van der Waals surface area contributed by atoms with Gasteiger partial charge in [0.2, 0.25) is 4.33 Å². The standard InChI is InChI=1S/C23H19Cl2NO3S2/c1-16-12-14-19(15-13-16)31(28,29)26-21(30-18-10-6-3-7-11-18)20(23(24,25)22(26)27)17-8-4-2-5-9-17/h2-15,20-21H,1H3/t20-,21-/m1/s1. The molecule has 0 unspecified atom stereocenters. The van der Waals surface area contributed by atoms with Crippen LogP contribution < -0.4 is 0 Å². The number of sulfonamides is 1. The molecule has 0 bridgehead atoms. The van der Waals surface area contributed by atoms with Crippen LogP contribution in [0.4, 0.5) is 0 Å². The smallest absolute Gasteiger partial charge is 0.270 e. The van der Waals surface area contributed by atoms with E-state index in [9.17, 15) is 13.2 Å². The molecule has 1 amide bonds. The Morgan fingerprint density at radius 1 is 0.871 bits per heavy atom. The van der Waals surface area contributed by atoms with Crippen molar-refractivity contribution < 1.29 is 13.2 Å². The fraction of sp³-hybridized carbons (Fsp3) is 0.174. The second-order valence-corrected chi connectivity index (χ2v) is 11.6. The summed E-state index contributed by atoms with van der Waals surface area (Å²) in [4.78, 5) is 14.2. The first-order chi connectivity index (χ1) is 14.7. The van der Waals surface area contributed by atoms with Gasteiger partial charge < -0.3 is 0 Å². The predicted octanol–water partition coefficient (Wildman–Crippen LogP) is 5.60. The zero-order valence-corrected chi connectivity index (χ0v) is 19.6. The minimum atomic E-state index is -4.19. The summed E-state index contributed by atoms with van der Waals surface area (Å²) in [5, 5.41) is -0.862. The van der Waals surface area contributed by atoms with Gasteiger partial charge in [-0.15, -0.1) is 0 Å². The molecule has 1 fully saturated rings. The Balaban J connectivity index is 1.87. The maximum Gasteiger partial charge on any atom is 0.274 e. The molecule has 4 rings (SSSR count). The van der Waals surface area contributed by atoms with E-state index in [-0.39, 0.29) is 4.90 Å². The van der Waals surface area contributed by atoms with Gasteiger partial charge in [-0.3, -0.25) is 4.79 Å². The number of aryl methyl sites for hydroxylation is 1. The van der Waals surface area contributed by atoms with E-state index >= 15 is 0 Å². The van der Waals surface area contributed by atoms with Crippen molar-refractivity contribution >= 4 is 50.9 Å². The van der Waals surface area contributed by atoms with Crippen molar-refractivity contribution in [3.63, 3.8) is 0 Å². The molecule has 160 valence electrons. The number of hydrogen-bond acceptors (Lipinski definition) is 4. The van der Waals surface area contributed by atoms with Gasteiger partial charge in [0, 0.05) is 4.90 Å². The lowest BCUT2D eigenvalue weighted by Crippen LogP contribution is -2.39. The van der Waals surface area contributed by atoms with Gasteiger partial charge in [0.1, 0.15) is 5.37 Å². The van der Waals surface area contributed by atoms with Crippen LogP contribution in [0.15, 0.2) is 94.7 Å². The van der Waals surface area contributed by atoms with Crippen LogP contribution in [0.1, 0.15) is 17.0 Å². The molecule has 3 aromatic rings. The van der Waals surface area contributed by atoms with Crippen molar-refractivity contribution in [3.05, 3.63) is 96.1 Å². The van der Waals surface area contributed by atoms with E-state index in [0.29, 0.717) is 5.56 Å². The van der Waals surface area contributed by atoms with Gasteiger partial charge >= 0.3 is 0 Å². The number of nitrogens with zero attached hydrogens (tertiary/aromatic N) is 1. The SMILES string of the molecule is Cc1ccc(S(=O)(=O)N2C(=O)C(Cl)(Cl)[C@H](c3ccccc3)[C@H]2Sc2ccccc2)cc1. The number of carbonyl (C=O) groups excluding carboxylic acids is 1. The summed E-state index contributed by atoms with van der Waals surface area (Å²) in [7, 11) is -4.19. The van der Waals surface area contributed by atoms with E-state index in [1.54, 1.807) is 24.3 Å². The average Bonchev–Trinajstić information content (AvgIpc) is 2.95. The third kappa shape index (κ3) is 4.10. The van der Waals surface area contributed by atoms with E-state index < -0.39 is 31.6 Å². The van der Waals surface area contributed by atoms with Crippen molar-refractivity contribution in [2.45, 2.75) is 32.3 Å². The van der Waals surface area contributed by atoms with E-state index in [0.717, 1.165) is 14.8 Å². The number of thioether (sulfide) groups is 1. The van der Waals surface area contributed by atoms with Crippen LogP contribution in [0.5, 0.6) is 0 Å². The molecule has 4 nitrogen and oxygen atoms in total. The van der Waals surface area contributed by atoms with Gasteiger partial charge in [-0.25, -0.2) is 12.7 Å². The molecule has 0 aromatic heterocycles. The molecule has 31 heavy (non-hydrogen) atoms. The largest absolute Gasteiger partial charge is 0.274 e. The van der Waals surface area contributed by atoms with Gasteiger partial charge in [0.25, 0.3) is 15.9 Å². The Morgan fingerprint density at radius 2 is 1.42 bits per heavy atom. The van der Waals surface area contributed by atoms with Crippen LogP contribution in [-0.4, -0.2) is 28.3 Å². The third-order valence-corrected chi connectivity index (χ3v) is 9.10. The molecule has 0 N–H and O–H groups in total. The molecule has 8 heteroatoms. The van der Waals surface area contributed by atoms with E-state index in [1.807, 2.05) is 55.5 Å². The highest BCUT2D eigenvalue weighted by molar-refractivity contribution is 8.01. The van der Waals surface area contributed by atoms with Crippen molar-refractivity contribution in [2.24, 2.45) is 0 Å². The van der Waals surface area contributed by atoms with Crippen molar-refractivity contribution in [1.82, 2.24) is 4.31 Å². The molecule has 1 aliphatic heterocycles. The number of benzene rings is 3. The van der Waals surface area contributed by atoms with Crippen LogP contribution in [0.2, 0.25) is 0 Å². The fourth-order valence-corrected chi connectivity index (χ4v) is 7.71. The first-order valence-electron chi connectivity index (χ1n) is 9.53. The summed E-state index contributed by atoms with van der Waals surface area (Å²) < 4.78 is 26.1. The Kier molecular flexibility index (Phi) is 6.10. The van der Waals surface area contributed by atoms with Crippen LogP contribution in [0.3, 0.4) is 0 Å². The van der Waals surface area contributed by atoms with E-state index in [1.165, 1.54) is 23.9 Å². The first-order valence-corrected chi connectivity index (χ1v) is 12.6. The normalized spacial score (nSPS) is 20.7. The second kappa shape index (κ2) is 8.51. The molecule has 1 saturated heterocycles. The number of halogens is 2. The molecular formula is C23H19Cl2NO3S2. The summed E-state index contributed by atoms with van der Waals surface area (Å²) in [6, 6.07) is 24.7. The van der Waals surface area contributed by atoms with Crippen molar-refractivity contribution in [3.8, 4) is 0 Å². The predicted molar refractivity (Wildman–Crippen MR) is 125 cm³/mol. The molecule has 1 aliphatic rings. The summed E-state index contributed by atoms with van der Waals surface area (Å²) in [6.45, 7) is 1.86. The summed E-state index contributed by atoms with van der Waals surface area (Å²) >= 11 is 14.4. The zero-order chi connectivity index (χ0) is 22.2. The molecule has 3 aromatic carbocycles. The summed E-state index contributed by atoms with van der Waals surface area (Å²) in [5.74, 6) is -1.62. The average molecular weight is 492 g/mol. The molecule has 1 heterocycles. The highest BCUT2D eigenvalue weighted by atomic mass is 35.5. The lowest BCUT2D eigenvalue weighted by atomic mass is 9.97. The minimum Gasteiger partial charge on any atom is -0.270 e. The van der Waals surface area contributed by atoms with E-state index in [2.05, 4.69) is 0 Å². The second-order valence-electron chi connectivity index (χ2n) is 7.25. The van der Waals surface area contributed by atoms with Crippen LogP contribution in [0.25, 0.3) is 0 Å². The molecule has 0 saturated carbocycles. The van der Waals surface area contributed by atoms with Gasteiger partial charge in [-0.05, 0) is 36.8 Å².